The van der Waals surface area contributed by atoms with Crippen molar-refractivity contribution in [2.45, 2.75) is 122 Å². The summed E-state index contributed by atoms with van der Waals surface area (Å²) in [5.74, 6) is 1.36. The predicted molar refractivity (Wildman–Crippen MR) is 131 cm³/mol. The molecule has 189 valence electrons. The van der Waals surface area contributed by atoms with Gasteiger partial charge in [0, 0.05) is 98.1 Å². The van der Waals surface area contributed by atoms with Gasteiger partial charge in [-0.25, -0.2) is 0 Å². The van der Waals surface area contributed by atoms with E-state index in [-0.39, 0.29) is 114 Å². The standard InChI is InChI=1S/3C9H17O.3Y/c3*1-5-6-8(2)9(3,4)7-10;;;/h3*8H,5-6H2,1-4H3;;;/q3*-1;;;/t2*8-;;;;/m10..../s1. The first-order chi connectivity index (χ1) is 13.6. The largest absolute Gasteiger partial charge is 0.541 e. The number of hydrogen-bond donors (Lipinski definition) is 0. The Morgan fingerprint density at radius 1 is 0.485 bits per heavy atom. The van der Waals surface area contributed by atoms with Crippen LogP contribution >= 0.6 is 0 Å². The third-order valence-electron chi connectivity index (χ3n) is 6.65. The van der Waals surface area contributed by atoms with Crippen molar-refractivity contribution in [3.8, 4) is 0 Å². The number of carbonyl (C=O) groups excluding carboxylic acids is 3. The average molecular weight is 690 g/mol. The predicted octanol–water partition coefficient (Wildman–Crippen LogP) is 7.67. The van der Waals surface area contributed by atoms with E-state index in [1.807, 2.05) is 41.5 Å². The monoisotopic (exact) mass is 690 g/mol. The summed E-state index contributed by atoms with van der Waals surface area (Å²) in [5, 5.41) is 0. The molecule has 0 saturated heterocycles. The van der Waals surface area contributed by atoms with E-state index in [0.29, 0.717) is 17.8 Å². The molecule has 1 unspecified atom stereocenters. The zero-order chi connectivity index (χ0) is 24.6. The van der Waals surface area contributed by atoms with Gasteiger partial charge in [-0.15, -0.1) is 16.2 Å². The molecule has 0 saturated carbocycles. The quantitative estimate of drug-likeness (QED) is 0.198. The normalized spacial score (nSPS) is 13.5. The molecule has 33 heavy (non-hydrogen) atoms. The Balaban J connectivity index is -0.0000000792. The minimum atomic E-state index is -0.254. The molecule has 3 nitrogen and oxygen atoms in total. The molecule has 0 aromatic heterocycles. The fourth-order valence-electron chi connectivity index (χ4n) is 2.68. The van der Waals surface area contributed by atoms with Crippen LogP contribution in [0.25, 0.3) is 0 Å². The van der Waals surface area contributed by atoms with Crippen LogP contribution in [0.2, 0.25) is 0 Å². The first-order valence-corrected chi connectivity index (χ1v) is 11.8. The zero-order valence-corrected chi connectivity index (χ0v) is 32.4. The van der Waals surface area contributed by atoms with E-state index in [1.165, 1.54) is 0 Å². The smallest absolute Gasteiger partial charge is 0 e. The van der Waals surface area contributed by atoms with E-state index < -0.39 is 0 Å². The summed E-state index contributed by atoms with van der Waals surface area (Å²) in [6, 6.07) is 0. The first-order valence-electron chi connectivity index (χ1n) is 11.8. The molecule has 0 amide bonds. The van der Waals surface area contributed by atoms with Gasteiger partial charge in [-0.2, -0.15) is 0 Å². The van der Waals surface area contributed by atoms with Crippen molar-refractivity contribution in [2.75, 3.05) is 0 Å². The summed E-state index contributed by atoms with van der Waals surface area (Å²) < 4.78 is 0. The molecular weight excluding hydrogens is 639 g/mol. The van der Waals surface area contributed by atoms with Crippen molar-refractivity contribution in [1.29, 1.82) is 0 Å². The van der Waals surface area contributed by atoms with Gasteiger partial charge in [0.05, 0.1) is 0 Å². The van der Waals surface area contributed by atoms with E-state index in [0.717, 1.165) is 38.5 Å². The van der Waals surface area contributed by atoms with Crippen molar-refractivity contribution in [2.24, 2.45) is 34.0 Å². The van der Waals surface area contributed by atoms with Crippen molar-refractivity contribution < 1.29 is 113 Å². The second kappa shape index (κ2) is 25.9. The number of hydrogen-bond acceptors (Lipinski definition) is 3. The zero-order valence-electron chi connectivity index (χ0n) is 23.9. The average Bonchev–Trinajstić information content (AvgIpc) is 2.69. The van der Waals surface area contributed by atoms with Crippen LogP contribution in [-0.4, -0.2) is 18.9 Å². The van der Waals surface area contributed by atoms with Gasteiger partial charge in [-0.1, -0.05) is 139 Å². The molecule has 0 aliphatic rings. The van der Waals surface area contributed by atoms with Crippen molar-refractivity contribution >= 4 is 18.9 Å². The van der Waals surface area contributed by atoms with E-state index in [4.69, 9.17) is 0 Å². The van der Waals surface area contributed by atoms with Gasteiger partial charge in [0.1, 0.15) is 0 Å². The van der Waals surface area contributed by atoms with Gasteiger partial charge in [0.25, 0.3) is 0 Å². The Morgan fingerprint density at radius 3 is 0.727 bits per heavy atom. The fourth-order valence-corrected chi connectivity index (χ4v) is 2.68. The van der Waals surface area contributed by atoms with Crippen molar-refractivity contribution in [1.82, 2.24) is 0 Å². The molecule has 0 bridgehead atoms. The van der Waals surface area contributed by atoms with Crippen LogP contribution in [-0.2, 0) is 113 Å². The third kappa shape index (κ3) is 24.4. The summed E-state index contributed by atoms with van der Waals surface area (Å²) in [5.41, 5.74) is -0.762. The SMILES string of the molecule is CCCC(C)C(C)(C)[C-]=O.CCC[C@@H](C)C(C)(C)[C-]=O.CCC[C@H](C)C(C)(C)[C-]=O.[Y].[Y].[Y]. The molecule has 0 aliphatic heterocycles. The van der Waals surface area contributed by atoms with Crippen LogP contribution < -0.4 is 0 Å². The van der Waals surface area contributed by atoms with E-state index in [2.05, 4.69) is 60.4 Å². The minimum absolute atomic E-state index is 0. The van der Waals surface area contributed by atoms with E-state index >= 15 is 0 Å². The maximum atomic E-state index is 10.4. The third-order valence-corrected chi connectivity index (χ3v) is 6.65. The second-order valence-electron chi connectivity index (χ2n) is 10.5. The Hall–Kier alpha value is 2.32. The number of rotatable bonds is 12. The Morgan fingerprint density at radius 2 is 0.636 bits per heavy atom. The summed E-state index contributed by atoms with van der Waals surface area (Å²) in [7, 11) is 0. The summed E-state index contributed by atoms with van der Waals surface area (Å²) in [6.07, 6.45) is 13.0. The molecule has 3 atom stereocenters. The van der Waals surface area contributed by atoms with Crippen LogP contribution in [0.3, 0.4) is 0 Å². The first kappa shape index (κ1) is 48.4. The second-order valence-corrected chi connectivity index (χ2v) is 10.5. The van der Waals surface area contributed by atoms with Gasteiger partial charge in [-0.3, -0.25) is 18.9 Å². The molecule has 0 aromatic carbocycles. The van der Waals surface area contributed by atoms with Gasteiger partial charge in [0.15, 0.2) is 0 Å². The maximum Gasteiger partial charge on any atom is 0 e. The van der Waals surface area contributed by atoms with E-state index in [1.54, 1.807) is 0 Å². The van der Waals surface area contributed by atoms with Gasteiger partial charge in [0.2, 0.25) is 0 Å². The van der Waals surface area contributed by atoms with Crippen LogP contribution in [0.4, 0.5) is 0 Å². The van der Waals surface area contributed by atoms with Crippen LogP contribution in [0.5, 0.6) is 0 Å². The topological polar surface area (TPSA) is 51.2 Å². The van der Waals surface area contributed by atoms with Crippen LogP contribution in [0, 0.1) is 34.0 Å². The van der Waals surface area contributed by atoms with Gasteiger partial charge >= 0.3 is 0 Å². The molecule has 0 rings (SSSR count). The fraction of sp³-hybridized carbons (Fsp3) is 0.889. The van der Waals surface area contributed by atoms with Crippen LogP contribution in [0.15, 0.2) is 0 Å². The molecule has 0 aromatic rings. The van der Waals surface area contributed by atoms with E-state index in [9.17, 15) is 14.4 Å². The Kier molecular flexibility index (Phi) is 38.1. The maximum absolute atomic E-state index is 10.4. The van der Waals surface area contributed by atoms with Gasteiger partial charge < -0.3 is 14.4 Å². The van der Waals surface area contributed by atoms with Crippen molar-refractivity contribution in [3.63, 3.8) is 0 Å². The molecule has 0 fully saturated rings. The van der Waals surface area contributed by atoms with Crippen LogP contribution in [0.1, 0.15) is 122 Å². The van der Waals surface area contributed by atoms with Crippen molar-refractivity contribution in [3.05, 3.63) is 0 Å². The molecule has 3 radical (unpaired) electrons. The molecule has 0 heterocycles. The Bertz CT molecular complexity index is 397. The molecule has 0 aliphatic carbocycles. The molecule has 0 N–H and O–H groups in total. The summed E-state index contributed by atoms with van der Waals surface area (Å²) in [4.78, 5) is 31.3. The molecule has 0 spiro atoms. The van der Waals surface area contributed by atoms with Gasteiger partial charge in [-0.05, 0) is 0 Å². The Labute approximate surface area is 283 Å². The molecule has 6 heteroatoms. The molecular formula is C27H51O3Y3-3. The minimum Gasteiger partial charge on any atom is -0.541 e. The summed E-state index contributed by atoms with van der Waals surface area (Å²) in [6.45, 7) is 24.4. The summed E-state index contributed by atoms with van der Waals surface area (Å²) >= 11 is 0.